The zero-order valence-corrected chi connectivity index (χ0v) is 10.8. The highest BCUT2D eigenvalue weighted by molar-refractivity contribution is 6.42. The second-order valence-electron chi connectivity index (χ2n) is 3.44. The molecule has 0 radical (unpaired) electrons. The summed E-state index contributed by atoms with van der Waals surface area (Å²) < 4.78 is 0. The predicted molar refractivity (Wildman–Crippen MR) is 70.1 cm³/mol. The van der Waals surface area contributed by atoms with E-state index in [0.717, 1.165) is 17.6 Å². The number of hydrogen-bond acceptors (Lipinski definition) is 1. The lowest BCUT2D eigenvalue weighted by Gasteiger charge is -2.12. The molecule has 84 valence electrons. The average molecular weight is 267 g/mol. The first kappa shape index (κ1) is 14.8. The monoisotopic (exact) mass is 265 g/mol. The fourth-order valence-electron chi connectivity index (χ4n) is 1.24. The molecule has 0 aliphatic heterocycles. The molecule has 1 rings (SSSR count). The van der Waals surface area contributed by atoms with Crippen LogP contribution in [0.1, 0.15) is 24.9 Å². The highest BCUT2D eigenvalue weighted by atomic mass is 35.5. The van der Waals surface area contributed by atoms with Gasteiger partial charge in [0, 0.05) is 6.04 Å². The van der Waals surface area contributed by atoms with Crippen LogP contribution in [0.5, 0.6) is 0 Å². The quantitative estimate of drug-likeness (QED) is 0.807. The lowest BCUT2D eigenvalue weighted by atomic mass is 10.0. The van der Waals surface area contributed by atoms with Gasteiger partial charge in [-0.25, -0.2) is 0 Å². The molecule has 2 N–H and O–H groups in total. The molecule has 0 saturated carbocycles. The van der Waals surface area contributed by atoms with Crippen molar-refractivity contribution in [3.05, 3.63) is 46.0 Å². The van der Waals surface area contributed by atoms with Crippen molar-refractivity contribution in [3.63, 3.8) is 0 Å². The minimum Gasteiger partial charge on any atom is -0.324 e. The maximum Gasteiger partial charge on any atom is 0.0595 e. The zero-order valence-electron chi connectivity index (χ0n) is 8.47. The molecule has 15 heavy (non-hydrogen) atoms. The number of halogens is 3. The summed E-state index contributed by atoms with van der Waals surface area (Å²) in [6.45, 7) is 5.78. The second-order valence-corrected chi connectivity index (χ2v) is 4.26. The summed E-state index contributed by atoms with van der Waals surface area (Å²) in [6.07, 6.45) is 0.762. The van der Waals surface area contributed by atoms with Gasteiger partial charge in [0.15, 0.2) is 0 Å². The molecule has 1 aromatic carbocycles. The lowest BCUT2D eigenvalue weighted by Crippen LogP contribution is -2.10. The Labute approximate surface area is 107 Å². The van der Waals surface area contributed by atoms with Crippen LogP contribution in [-0.2, 0) is 0 Å². The van der Waals surface area contributed by atoms with Crippen molar-refractivity contribution in [2.75, 3.05) is 0 Å². The smallest absolute Gasteiger partial charge is 0.0595 e. The average Bonchev–Trinajstić information content (AvgIpc) is 2.08. The van der Waals surface area contributed by atoms with Crippen LogP contribution in [0.4, 0.5) is 0 Å². The van der Waals surface area contributed by atoms with Gasteiger partial charge in [-0.2, -0.15) is 0 Å². The van der Waals surface area contributed by atoms with Crippen LogP contribution in [0.2, 0.25) is 10.0 Å². The Morgan fingerprint density at radius 3 is 2.47 bits per heavy atom. The SMILES string of the molecule is C=C(C)C[C@@H](N)c1ccc(Cl)c(Cl)c1.Cl. The Kier molecular flexibility index (Phi) is 6.30. The minimum atomic E-state index is -0.0535. The molecule has 4 heteroatoms. The van der Waals surface area contributed by atoms with Crippen molar-refractivity contribution in [3.8, 4) is 0 Å². The van der Waals surface area contributed by atoms with Crippen molar-refractivity contribution in [1.29, 1.82) is 0 Å². The largest absolute Gasteiger partial charge is 0.324 e. The van der Waals surface area contributed by atoms with E-state index in [1.54, 1.807) is 12.1 Å². The first-order valence-electron chi connectivity index (χ1n) is 4.35. The van der Waals surface area contributed by atoms with E-state index in [4.69, 9.17) is 28.9 Å². The van der Waals surface area contributed by atoms with E-state index in [-0.39, 0.29) is 18.4 Å². The van der Waals surface area contributed by atoms with Gasteiger partial charge in [0.1, 0.15) is 0 Å². The van der Waals surface area contributed by atoms with Crippen molar-refractivity contribution in [2.24, 2.45) is 5.73 Å². The van der Waals surface area contributed by atoms with Crippen LogP contribution < -0.4 is 5.73 Å². The first-order valence-corrected chi connectivity index (χ1v) is 5.11. The van der Waals surface area contributed by atoms with Crippen LogP contribution in [-0.4, -0.2) is 0 Å². The molecule has 1 nitrogen and oxygen atoms in total. The number of benzene rings is 1. The topological polar surface area (TPSA) is 26.0 Å². The molecule has 0 saturated heterocycles. The van der Waals surface area contributed by atoms with E-state index in [1.807, 2.05) is 13.0 Å². The van der Waals surface area contributed by atoms with Crippen LogP contribution in [0.15, 0.2) is 30.4 Å². The third-order valence-corrected chi connectivity index (χ3v) is 2.68. The molecule has 0 amide bonds. The summed E-state index contributed by atoms with van der Waals surface area (Å²) in [5, 5.41) is 1.10. The number of hydrogen-bond donors (Lipinski definition) is 1. The molecule has 0 aromatic heterocycles. The highest BCUT2D eigenvalue weighted by Gasteiger charge is 2.07. The third-order valence-electron chi connectivity index (χ3n) is 1.94. The summed E-state index contributed by atoms with van der Waals surface area (Å²) in [7, 11) is 0. The van der Waals surface area contributed by atoms with Gasteiger partial charge >= 0.3 is 0 Å². The van der Waals surface area contributed by atoms with Gasteiger partial charge in [-0.15, -0.1) is 19.0 Å². The second kappa shape index (κ2) is 6.39. The van der Waals surface area contributed by atoms with Crippen molar-refractivity contribution >= 4 is 35.6 Å². The Morgan fingerprint density at radius 1 is 1.40 bits per heavy atom. The molecule has 1 aromatic rings. The van der Waals surface area contributed by atoms with Gasteiger partial charge in [0.2, 0.25) is 0 Å². The molecule has 0 fully saturated rings. The fourth-order valence-corrected chi connectivity index (χ4v) is 1.54. The first-order chi connectivity index (χ1) is 6.50. The molecular weight excluding hydrogens is 252 g/mol. The van der Waals surface area contributed by atoms with Gasteiger partial charge in [-0.05, 0) is 31.0 Å². The summed E-state index contributed by atoms with van der Waals surface area (Å²) in [5.41, 5.74) is 8.00. The third kappa shape index (κ3) is 4.43. The molecular formula is C11H14Cl3N. The predicted octanol–water partition coefficient (Wildman–Crippen LogP) is 4.38. The normalized spacial score (nSPS) is 11.7. The fraction of sp³-hybridized carbons (Fsp3) is 0.273. The van der Waals surface area contributed by atoms with Crippen LogP contribution in [0, 0.1) is 0 Å². The zero-order chi connectivity index (χ0) is 10.7. The van der Waals surface area contributed by atoms with Crippen molar-refractivity contribution in [1.82, 2.24) is 0 Å². The summed E-state index contributed by atoms with van der Waals surface area (Å²) >= 11 is 11.7. The van der Waals surface area contributed by atoms with Crippen molar-refractivity contribution in [2.45, 2.75) is 19.4 Å². The minimum absolute atomic E-state index is 0. The Bertz CT molecular complexity index is 350. The molecule has 0 heterocycles. The van der Waals surface area contributed by atoms with Crippen LogP contribution in [0.25, 0.3) is 0 Å². The highest BCUT2D eigenvalue weighted by Crippen LogP contribution is 2.26. The maximum absolute atomic E-state index is 5.95. The van der Waals surface area contributed by atoms with E-state index in [9.17, 15) is 0 Å². The van der Waals surface area contributed by atoms with Gasteiger partial charge in [0.05, 0.1) is 10.0 Å². The van der Waals surface area contributed by atoms with E-state index < -0.39 is 0 Å². The molecule has 0 spiro atoms. The Hall–Kier alpha value is -0.210. The van der Waals surface area contributed by atoms with E-state index in [0.29, 0.717) is 10.0 Å². The molecule has 0 unspecified atom stereocenters. The Morgan fingerprint density at radius 2 is 2.00 bits per heavy atom. The maximum atomic E-state index is 5.95. The molecule has 0 aliphatic carbocycles. The van der Waals surface area contributed by atoms with Gasteiger partial charge < -0.3 is 5.73 Å². The summed E-state index contributed by atoms with van der Waals surface area (Å²) in [6, 6.07) is 5.40. The summed E-state index contributed by atoms with van der Waals surface area (Å²) in [5.74, 6) is 0. The molecule has 1 atom stereocenters. The Balaban J connectivity index is 0.00000196. The van der Waals surface area contributed by atoms with Gasteiger partial charge in [-0.1, -0.05) is 34.8 Å². The van der Waals surface area contributed by atoms with Gasteiger partial charge in [-0.3, -0.25) is 0 Å². The summed E-state index contributed by atoms with van der Waals surface area (Å²) in [4.78, 5) is 0. The number of nitrogens with two attached hydrogens (primary N) is 1. The van der Waals surface area contributed by atoms with E-state index in [1.165, 1.54) is 0 Å². The van der Waals surface area contributed by atoms with Crippen LogP contribution in [0.3, 0.4) is 0 Å². The van der Waals surface area contributed by atoms with Crippen molar-refractivity contribution < 1.29 is 0 Å². The van der Waals surface area contributed by atoms with Gasteiger partial charge in [0.25, 0.3) is 0 Å². The number of rotatable bonds is 3. The van der Waals surface area contributed by atoms with E-state index in [2.05, 4.69) is 6.58 Å². The van der Waals surface area contributed by atoms with E-state index >= 15 is 0 Å². The van der Waals surface area contributed by atoms with Crippen LogP contribution >= 0.6 is 35.6 Å². The molecule has 0 bridgehead atoms. The molecule has 0 aliphatic rings. The lowest BCUT2D eigenvalue weighted by molar-refractivity contribution is 0.717. The standard InChI is InChI=1S/C11H13Cl2N.ClH/c1-7(2)5-11(14)8-3-4-9(12)10(13)6-8;/h3-4,6,11H,1,5,14H2,2H3;1H/t11-;/m1./s1.